The van der Waals surface area contributed by atoms with E-state index in [1.54, 1.807) is 0 Å². The smallest absolute Gasteiger partial charge is 0.126 e. The molecule has 2 aliphatic rings. The maximum atomic E-state index is 3.50. The van der Waals surface area contributed by atoms with Gasteiger partial charge >= 0.3 is 0 Å². The van der Waals surface area contributed by atoms with Crippen LogP contribution in [0, 0.1) is 70.3 Å². The van der Waals surface area contributed by atoms with Crippen molar-refractivity contribution in [3.63, 3.8) is 0 Å². The Bertz CT molecular complexity index is 1560. The number of rotatable bonds is 0. The molecule has 2 rings (SSSR count). The average molecular weight is 641 g/mol. The number of allylic oxidation sites excluding steroid dienone is 10. The first kappa shape index (κ1) is 38.7. The van der Waals surface area contributed by atoms with Gasteiger partial charge in [-0.2, -0.15) is 0 Å². The summed E-state index contributed by atoms with van der Waals surface area (Å²) >= 11 is 0. The average Bonchev–Trinajstić information content (AvgIpc) is 2.97. The molecule has 0 aromatic carbocycles. The highest BCUT2D eigenvalue weighted by Crippen LogP contribution is 2.27. The third-order valence-corrected chi connectivity index (χ3v) is 9.25. The van der Waals surface area contributed by atoms with E-state index in [4.69, 9.17) is 0 Å². The van der Waals surface area contributed by atoms with E-state index in [0.717, 1.165) is 70.3 Å². The van der Waals surface area contributed by atoms with Crippen LogP contribution in [-0.4, -0.2) is 16.1 Å². The van der Waals surface area contributed by atoms with Crippen LogP contribution in [0.5, 0.6) is 0 Å². The quantitative estimate of drug-likeness (QED) is 0.183. The minimum absolute atomic E-state index is 0.855. The van der Waals surface area contributed by atoms with E-state index in [1.807, 2.05) is 0 Å². The molecule has 0 spiro atoms. The molecule has 0 N–H and O–H groups in total. The molecule has 0 radical (unpaired) electrons. The largest absolute Gasteiger partial charge is 0.129 e. The zero-order chi connectivity index (χ0) is 34.3. The van der Waals surface area contributed by atoms with E-state index < -0.39 is 16.1 Å². The molecule has 0 amide bonds. The van der Waals surface area contributed by atoms with Crippen molar-refractivity contribution in [1.82, 2.24) is 0 Å². The van der Waals surface area contributed by atoms with Gasteiger partial charge in [-0.3, -0.25) is 0 Å². The van der Waals surface area contributed by atoms with Crippen molar-refractivity contribution in [2.75, 3.05) is 0 Å². The highest BCUT2D eigenvalue weighted by atomic mass is 28.3. The van der Waals surface area contributed by atoms with Gasteiger partial charge in [-0.25, -0.2) is 0 Å². The van der Waals surface area contributed by atoms with Gasteiger partial charge in [-0.1, -0.05) is 128 Å². The van der Waals surface area contributed by atoms with Gasteiger partial charge < -0.3 is 0 Å². The fourth-order valence-corrected chi connectivity index (χ4v) is 5.72. The Kier molecular flexibility index (Phi) is 15.6. The van der Waals surface area contributed by atoms with Gasteiger partial charge in [0.05, 0.1) is 27.9 Å². The van der Waals surface area contributed by atoms with E-state index in [2.05, 4.69) is 151 Å². The molecule has 0 unspecified atom stereocenters. The molecular weight excluding hydrogens is 585 g/mol. The van der Waals surface area contributed by atoms with Crippen LogP contribution in [0.15, 0.2) is 55.7 Å². The first-order chi connectivity index (χ1) is 21.6. The monoisotopic (exact) mass is 640 g/mol. The van der Waals surface area contributed by atoms with E-state index in [1.165, 1.54) is 49.7 Å². The van der Waals surface area contributed by atoms with Gasteiger partial charge in [0.1, 0.15) is 16.1 Å². The van der Waals surface area contributed by atoms with Crippen LogP contribution in [0.4, 0.5) is 0 Å². The lowest BCUT2D eigenvalue weighted by molar-refractivity contribution is 0.597. The highest BCUT2D eigenvalue weighted by molar-refractivity contribution is 6.84. The summed E-state index contributed by atoms with van der Waals surface area (Å²) in [6.45, 7) is 26.2. The second kappa shape index (κ2) is 18.6. The summed E-state index contributed by atoms with van der Waals surface area (Å²) in [5.74, 6) is 34.5. The van der Waals surface area contributed by atoms with Crippen molar-refractivity contribution >= 4 is 16.1 Å². The van der Waals surface area contributed by atoms with Gasteiger partial charge in [0.2, 0.25) is 0 Å². The molecular formula is C44H56Si2. The van der Waals surface area contributed by atoms with Gasteiger partial charge in [0, 0.05) is 0 Å². The van der Waals surface area contributed by atoms with Gasteiger partial charge in [0.15, 0.2) is 0 Å². The molecule has 0 bridgehead atoms. The summed E-state index contributed by atoms with van der Waals surface area (Å²) in [5, 5.41) is 0. The summed E-state index contributed by atoms with van der Waals surface area (Å²) in [6, 6.07) is 0. The molecule has 46 heavy (non-hydrogen) atoms. The van der Waals surface area contributed by atoms with E-state index in [-0.39, 0.29) is 0 Å². The lowest BCUT2D eigenvalue weighted by Gasteiger charge is -2.14. The lowest BCUT2D eigenvalue weighted by atomic mass is 9.90. The van der Waals surface area contributed by atoms with Crippen molar-refractivity contribution in [3.05, 3.63) is 55.7 Å². The van der Waals surface area contributed by atoms with Crippen LogP contribution in [0.3, 0.4) is 0 Å². The number of hydrogen-bond donors (Lipinski definition) is 0. The molecule has 2 fully saturated rings. The maximum Gasteiger partial charge on any atom is 0.129 e. The lowest BCUT2D eigenvalue weighted by Crippen LogP contribution is -2.16. The Morgan fingerprint density at radius 1 is 0.370 bits per heavy atom. The fraction of sp³-hybridized carbons (Fsp3) is 0.500. The van der Waals surface area contributed by atoms with Crippen LogP contribution < -0.4 is 0 Å². The van der Waals surface area contributed by atoms with Gasteiger partial charge in [0.25, 0.3) is 0 Å². The van der Waals surface area contributed by atoms with Crippen molar-refractivity contribution in [2.24, 2.45) is 0 Å². The molecule has 0 atom stereocenters. The topological polar surface area (TPSA) is 0 Å². The Labute approximate surface area is 286 Å². The maximum absolute atomic E-state index is 3.50. The molecule has 2 saturated carbocycles. The standard InChI is InChI=1S/C44H56Si2/c1-35(2)38(23-27-43(41-19-15-13-16-20-41)29-25-39(36(3)4)31-33-45(7,8)9)24-28-44(42-21-17-14-18-22-42)30-26-40(37(5)6)32-34-46(10,11)12/h13-22H2,1-12H3. The Balaban J connectivity index is 2.63. The normalized spacial score (nSPS) is 13.8. The Morgan fingerprint density at radius 2 is 0.630 bits per heavy atom. The van der Waals surface area contributed by atoms with Crippen LogP contribution in [0.25, 0.3) is 0 Å². The summed E-state index contributed by atoms with van der Waals surface area (Å²) in [7, 11) is -3.01. The minimum Gasteiger partial charge on any atom is -0.126 e. The highest BCUT2D eigenvalue weighted by Gasteiger charge is 2.12. The predicted molar refractivity (Wildman–Crippen MR) is 209 cm³/mol. The molecule has 2 aliphatic carbocycles. The second-order valence-corrected chi connectivity index (χ2v) is 24.7. The molecule has 0 nitrogen and oxygen atoms in total. The third kappa shape index (κ3) is 15.2. The summed E-state index contributed by atoms with van der Waals surface area (Å²) < 4.78 is 0. The van der Waals surface area contributed by atoms with Crippen molar-refractivity contribution in [3.8, 4) is 70.3 Å². The van der Waals surface area contributed by atoms with Gasteiger partial charge in [-0.05, 0) is 104 Å². The zero-order valence-corrected chi connectivity index (χ0v) is 33.1. The van der Waals surface area contributed by atoms with Crippen LogP contribution in [0.1, 0.15) is 106 Å². The minimum atomic E-state index is -1.50. The Hall–Kier alpha value is -3.51. The summed E-state index contributed by atoms with van der Waals surface area (Å²) in [6.07, 6.45) is 11.6. The van der Waals surface area contributed by atoms with E-state index in [0.29, 0.717) is 0 Å². The third-order valence-electron chi connectivity index (χ3n) is 7.50. The van der Waals surface area contributed by atoms with Gasteiger partial charge in [-0.15, -0.1) is 11.1 Å². The fourth-order valence-electron chi connectivity index (χ4n) is 4.72. The van der Waals surface area contributed by atoms with Crippen molar-refractivity contribution < 1.29 is 0 Å². The number of hydrogen-bond acceptors (Lipinski definition) is 0. The van der Waals surface area contributed by atoms with Crippen molar-refractivity contribution in [1.29, 1.82) is 0 Å². The molecule has 240 valence electrons. The molecule has 0 aromatic rings. The van der Waals surface area contributed by atoms with E-state index in [9.17, 15) is 0 Å². The van der Waals surface area contributed by atoms with Crippen molar-refractivity contribution in [2.45, 2.75) is 145 Å². The van der Waals surface area contributed by atoms with Crippen LogP contribution in [0.2, 0.25) is 39.3 Å². The Morgan fingerprint density at radius 3 is 0.870 bits per heavy atom. The predicted octanol–water partition coefficient (Wildman–Crippen LogP) is 11.3. The summed E-state index contributed by atoms with van der Waals surface area (Å²) in [4.78, 5) is 0. The molecule has 0 heterocycles. The first-order valence-electron chi connectivity index (χ1n) is 17.2. The molecule has 2 heteroatoms. The van der Waals surface area contributed by atoms with E-state index >= 15 is 0 Å². The van der Waals surface area contributed by atoms with Crippen LogP contribution in [-0.2, 0) is 0 Å². The second-order valence-electron chi connectivity index (χ2n) is 15.2. The summed E-state index contributed by atoms with van der Waals surface area (Å²) in [5.41, 5.74) is 17.8. The zero-order valence-electron chi connectivity index (χ0n) is 31.1. The molecule has 0 aliphatic heterocycles. The molecule has 0 aromatic heterocycles. The van der Waals surface area contributed by atoms with Crippen LogP contribution >= 0.6 is 0 Å². The molecule has 0 saturated heterocycles. The first-order valence-corrected chi connectivity index (χ1v) is 24.2. The SMILES string of the molecule is CC(C)=C(C#CC(C#CC(C#C[Si](C)(C)C)=C(C)C)=C1CCCCC1)C#CC(C#CC(C#C[Si](C)(C)C)=C(C)C)=C1CCCCC1.